The summed E-state index contributed by atoms with van der Waals surface area (Å²) in [6.07, 6.45) is 0. The highest BCUT2D eigenvalue weighted by Gasteiger charge is 2.50. The highest BCUT2D eigenvalue weighted by atomic mass is 16.7. The molecule has 0 unspecified atom stereocenters. The molecule has 0 saturated carbocycles. The molecule has 2 amide bonds. The van der Waals surface area contributed by atoms with Crippen LogP contribution in [-0.4, -0.2) is 51.3 Å². The number of hydrogen-bond acceptors (Lipinski definition) is 4. The van der Waals surface area contributed by atoms with Crippen LogP contribution in [0.15, 0.2) is 24.3 Å². The first-order valence-electron chi connectivity index (χ1n) is 6.27. The number of hydroxylamine groups is 2. The second kappa shape index (κ2) is 4.74. The minimum Gasteiger partial charge on any atom is -0.479 e. The van der Waals surface area contributed by atoms with Crippen LogP contribution >= 0.6 is 0 Å². The number of carbonyl (C=O) groups is 3. The molecule has 1 aromatic rings. The van der Waals surface area contributed by atoms with Gasteiger partial charge in [0.15, 0.2) is 12.6 Å². The van der Waals surface area contributed by atoms with Gasteiger partial charge in [0.25, 0.3) is 0 Å². The van der Waals surface area contributed by atoms with Gasteiger partial charge in [-0.15, -0.1) is 0 Å². The van der Waals surface area contributed by atoms with E-state index in [9.17, 15) is 19.5 Å². The third-order valence-corrected chi connectivity index (χ3v) is 3.61. The molecule has 8 nitrogen and oxygen atoms in total. The van der Waals surface area contributed by atoms with Crippen LogP contribution in [0.4, 0.5) is 4.79 Å². The van der Waals surface area contributed by atoms with Gasteiger partial charge in [-0.1, -0.05) is 24.3 Å². The fourth-order valence-electron chi connectivity index (χ4n) is 2.81. The second-order valence-corrected chi connectivity index (χ2v) is 4.81. The number of aliphatic carboxylic acids is 2. The van der Waals surface area contributed by atoms with E-state index in [-0.39, 0.29) is 6.54 Å². The molecule has 0 spiro atoms. The molecule has 21 heavy (non-hydrogen) atoms. The normalized spacial score (nSPS) is 23.1. The van der Waals surface area contributed by atoms with Crippen LogP contribution in [-0.2, 0) is 14.4 Å². The molecule has 1 aromatic carbocycles. The average Bonchev–Trinajstić information content (AvgIpc) is 2.71. The van der Waals surface area contributed by atoms with E-state index in [1.165, 1.54) is 4.90 Å². The van der Waals surface area contributed by atoms with Crippen LogP contribution in [0.1, 0.15) is 23.2 Å². The molecular formula is C13H12N2O6. The van der Waals surface area contributed by atoms with E-state index in [4.69, 9.17) is 9.94 Å². The molecule has 3 rings (SSSR count). The summed E-state index contributed by atoms with van der Waals surface area (Å²) in [6, 6.07) is 4.61. The number of nitrogens with zero attached hydrogens (tertiary/aromatic N) is 2. The van der Waals surface area contributed by atoms with Crippen molar-refractivity contribution in [1.82, 2.24) is 9.96 Å². The van der Waals surface area contributed by atoms with Crippen LogP contribution in [0, 0.1) is 0 Å². The average molecular weight is 292 g/mol. The maximum Gasteiger partial charge on any atom is 0.345 e. The Morgan fingerprint density at radius 2 is 1.90 bits per heavy atom. The molecule has 8 heteroatoms. The van der Waals surface area contributed by atoms with Crippen LogP contribution in [0.2, 0.25) is 0 Å². The predicted molar refractivity (Wildman–Crippen MR) is 67.1 cm³/mol. The van der Waals surface area contributed by atoms with Crippen molar-refractivity contribution in [3.63, 3.8) is 0 Å². The van der Waals surface area contributed by atoms with Crippen molar-refractivity contribution in [3.05, 3.63) is 35.4 Å². The van der Waals surface area contributed by atoms with Crippen molar-refractivity contribution < 1.29 is 29.4 Å². The summed E-state index contributed by atoms with van der Waals surface area (Å²) in [5.41, 5.74) is 1.19. The first kappa shape index (κ1) is 13.4. The van der Waals surface area contributed by atoms with Gasteiger partial charge in [0, 0.05) is 0 Å². The molecule has 0 aromatic heterocycles. The van der Waals surface area contributed by atoms with Crippen molar-refractivity contribution in [2.45, 2.75) is 12.1 Å². The Kier molecular flexibility index (Phi) is 3.02. The number of carboxylic acids is 2. The van der Waals surface area contributed by atoms with Crippen LogP contribution in [0.5, 0.6) is 0 Å². The molecule has 1 saturated heterocycles. The quantitative estimate of drug-likeness (QED) is 0.842. The molecule has 2 heterocycles. The smallest absolute Gasteiger partial charge is 0.345 e. The Morgan fingerprint density at radius 1 is 1.24 bits per heavy atom. The van der Waals surface area contributed by atoms with E-state index in [0.717, 1.165) is 5.06 Å². The molecule has 0 aliphatic carbocycles. The molecule has 2 bridgehead atoms. The Morgan fingerprint density at radius 3 is 2.52 bits per heavy atom. The van der Waals surface area contributed by atoms with E-state index >= 15 is 0 Å². The van der Waals surface area contributed by atoms with E-state index in [1.807, 2.05) is 0 Å². The lowest BCUT2D eigenvalue weighted by molar-refractivity contribution is -0.167. The Bertz CT molecular complexity index is 631. The van der Waals surface area contributed by atoms with Gasteiger partial charge in [0.1, 0.15) is 6.04 Å². The topological polar surface area (TPSA) is 107 Å². The Hall–Kier alpha value is -2.61. The number of hydrogen-bond donors (Lipinski definition) is 2. The summed E-state index contributed by atoms with van der Waals surface area (Å²) < 4.78 is 0. The van der Waals surface area contributed by atoms with Gasteiger partial charge in [-0.3, -0.25) is 4.84 Å². The number of carboxylic acid groups (broad SMARTS) is 2. The molecule has 0 radical (unpaired) electrons. The number of carbonyl (C=O) groups excluding carboxylic acids is 1. The van der Waals surface area contributed by atoms with Gasteiger partial charge in [0.2, 0.25) is 0 Å². The van der Waals surface area contributed by atoms with Crippen LogP contribution < -0.4 is 0 Å². The highest BCUT2D eigenvalue weighted by molar-refractivity contribution is 5.87. The molecule has 2 N–H and O–H groups in total. The summed E-state index contributed by atoms with van der Waals surface area (Å²) in [7, 11) is 0. The number of amides is 2. The lowest BCUT2D eigenvalue weighted by Crippen LogP contribution is -2.38. The zero-order valence-corrected chi connectivity index (χ0v) is 10.8. The number of fused-ring (bicyclic) bond motifs is 4. The lowest BCUT2D eigenvalue weighted by atomic mass is 9.91. The fraction of sp³-hybridized carbons (Fsp3) is 0.308. The van der Waals surface area contributed by atoms with Crippen molar-refractivity contribution in [2.75, 3.05) is 13.2 Å². The molecule has 110 valence electrons. The van der Waals surface area contributed by atoms with E-state index in [1.54, 1.807) is 24.3 Å². The SMILES string of the molecule is O=C(O)CON1C(=O)N2C[C@@H]1c1ccccc1[C@@H]2C(=O)O. The summed E-state index contributed by atoms with van der Waals surface area (Å²) in [5, 5.41) is 19.0. The third kappa shape index (κ3) is 2.00. The predicted octanol–water partition coefficient (Wildman–Crippen LogP) is 0.621. The van der Waals surface area contributed by atoms with Crippen molar-refractivity contribution in [3.8, 4) is 0 Å². The van der Waals surface area contributed by atoms with Gasteiger partial charge >= 0.3 is 18.0 Å². The summed E-state index contributed by atoms with van der Waals surface area (Å²) in [5.74, 6) is -2.34. The largest absolute Gasteiger partial charge is 0.479 e. The van der Waals surface area contributed by atoms with Gasteiger partial charge in [-0.2, -0.15) is 5.06 Å². The Labute approximate surface area is 119 Å². The molecule has 2 aliphatic rings. The summed E-state index contributed by atoms with van der Waals surface area (Å²) in [6.45, 7) is -0.498. The van der Waals surface area contributed by atoms with E-state index in [0.29, 0.717) is 11.1 Å². The summed E-state index contributed by atoms with van der Waals surface area (Å²) >= 11 is 0. The minimum absolute atomic E-state index is 0.159. The lowest BCUT2D eigenvalue weighted by Gasteiger charge is -2.29. The van der Waals surface area contributed by atoms with Crippen molar-refractivity contribution >= 4 is 18.0 Å². The maximum absolute atomic E-state index is 12.3. The van der Waals surface area contributed by atoms with Gasteiger partial charge < -0.3 is 15.1 Å². The van der Waals surface area contributed by atoms with E-state index in [2.05, 4.69) is 0 Å². The number of rotatable bonds is 4. The van der Waals surface area contributed by atoms with Crippen LogP contribution in [0.25, 0.3) is 0 Å². The first-order valence-corrected chi connectivity index (χ1v) is 6.27. The van der Waals surface area contributed by atoms with E-state index < -0.39 is 36.7 Å². The second-order valence-electron chi connectivity index (χ2n) is 4.81. The van der Waals surface area contributed by atoms with Crippen molar-refractivity contribution in [1.29, 1.82) is 0 Å². The molecule has 2 atom stereocenters. The zero-order chi connectivity index (χ0) is 15.1. The fourth-order valence-corrected chi connectivity index (χ4v) is 2.81. The molecule has 2 aliphatic heterocycles. The monoisotopic (exact) mass is 292 g/mol. The number of urea groups is 1. The summed E-state index contributed by atoms with van der Waals surface area (Å²) in [4.78, 5) is 40.5. The number of benzene rings is 1. The highest BCUT2D eigenvalue weighted by Crippen LogP contribution is 2.43. The molecule has 1 fully saturated rings. The first-order chi connectivity index (χ1) is 10.0. The molecular weight excluding hydrogens is 280 g/mol. The zero-order valence-electron chi connectivity index (χ0n) is 10.8. The standard InChI is InChI=1S/C13H12N2O6/c16-10(17)6-21-15-9-5-14(13(15)20)11(12(18)19)8-4-2-1-3-7(8)9/h1-4,9,11H,5-6H2,(H,16,17)(H,18,19)/t9-,11-/m1/s1. The minimum atomic E-state index is -1.21. The maximum atomic E-state index is 12.3. The van der Waals surface area contributed by atoms with Gasteiger partial charge in [-0.25, -0.2) is 14.4 Å². The Balaban J connectivity index is 2.01. The third-order valence-electron chi connectivity index (χ3n) is 3.61. The van der Waals surface area contributed by atoms with Gasteiger partial charge in [-0.05, 0) is 11.1 Å². The van der Waals surface area contributed by atoms with Gasteiger partial charge in [0.05, 0.1) is 6.54 Å². The van der Waals surface area contributed by atoms with Crippen molar-refractivity contribution in [2.24, 2.45) is 0 Å². The van der Waals surface area contributed by atoms with Crippen LogP contribution in [0.3, 0.4) is 0 Å².